The lowest BCUT2D eigenvalue weighted by molar-refractivity contribution is 0.102. The van der Waals surface area contributed by atoms with Gasteiger partial charge in [-0.3, -0.25) is 14.5 Å². The Morgan fingerprint density at radius 3 is 2.62 bits per heavy atom. The van der Waals surface area contributed by atoms with Crippen molar-refractivity contribution in [3.8, 4) is 0 Å². The summed E-state index contributed by atoms with van der Waals surface area (Å²) in [7, 11) is 0. The maximum atomic E-state index is 12.3. The largest absolute Gasteiger partial charge is 0.319 e. The van der Waals surface area contributed by atoms with Crippen LogP contribution in [0.1, 0.15) is 27.3 Å². The third-order valence-corrected chi connectivity index (χ3v) is 4.04. The first-order valence-electron chi connectivity index (χ1n) is 7.54. The van der Waals surface area contributed by atoms with Crippen LogP contribution >= 0.6 is 11.6 Å². The van der Waals surface area contributed by atoms with Crippen LogP contribution < -0.4 is 5.32 Å². The van der Waals surface area contributed by atoms with E-state index in [0.29, 0.717) is 17.1 Å². The van der Waals surface area contributed by atoms with Crippen molar-refractivity contribution in [1.82, 2.24) is 14.8 Å². The van der Waals surface area contributed by atoms with Crippen molar-refractivity contribution in [3.05, 3.63) is 76.3 Å². The molecule has 0 atom stereocenters. The number of hydrogen-bond acceptors (Lipinski definition) is 3. The summed E-state index contributed by atoms with van der Waals surface area (Å²) in [5.74, 6) is -0.194. The summed E-state index contributed by atoms with van der Waals surface area (Å²) < 4.78 is 1.87. The number of hydrogen-bond donors (Lipinski definition) is 1. The molecule has 3 aromatic rings. The van der Waals surface area contributed by atoms with Crippen LogP contribution in [-0.4, -0.2) is 20.7 Å². The predicted molar refractivity (Wildman–Crippen MR) is 94.4 cm³/mol. The average molecular weight is 341 g/mol. The molecular formula is C18H17ClN4O. The van der Waals surface area contributed by atoms with Crippen LogP contribution in [0.3, 0.4) is 0 Å². The van der Waals surface area contributed by atoms with Gasteiger partial charge in [0.25, 0.3) is 5.91 Å². The van der Waals surface area contributed by atoms with Crippen LogP contribution in [0, 0.1) is 13.8 Å². The highest BCUT2D eigenvalue weighted by molar-refractivity contribution is 6.30. The Kier molecular flexibility index (Phi) is 4.62. The minimum absolute atomic E-state index is 0.194. The number of benzene rings is 1. The van der Waals surface area contributed by atoms with Crippen molar-refractivity contribution < 1.29 is 4.79 Å². The van der Waals surface area contributed by atoms with E-state index in [-0.39, 0.29) is 5.91 Å². The number of carbonyl (C=O) groups is 1. The monoisotopic (exact) mass is 340 g/mol. The zero-order chi connectivity index (χ0) is 17.1. The molecule has 24 heavy (non-hydrogen) atoms. The normalized spacial score (nSPS) is 10.6. The summed E-state index contributed by atoms with van der Waals surface area (Å²) in [6.07, 6.45) is 3.18. The Balaban J connectivity index is 1.81. The van der Waals surface area contributed by atoms with Crippen molar-refractivity contribution in [2.24, 2.45) is 0 Å². The zero-order valence-corrected chi connectivity index (χ0v) is 14.2. The van der Waals surface area contributed by atoms with E-state index in [1.807, 2.05) is 42.8 Å². The molecule has 0 aliphatic rings. The van der Waals surface area contributed by atoms with E-state index in [0.717, 1.165) is 22.6 Å². The van der Waals surface area contributed by atoms with Crippen LogP contribution in [0.5, 0.6) is 0 Å². The van der Waals surface area contributed by atoms with E-state index in [4.69, 9.17) is 11.6 Å². The number of halogens is 1. The SMILES string of the molecule is Cc1nn(Cc2ccc(Cl)cc2)c(C)c1NC(=O)c1cccnc1. The maximum Gasteiger partial charge on any atom is 0.257 e. The van der Waals surface area contributed by atoms with Gasteiger partial charge in [0, 0.05) is 17.4 Å². The maximum absolute atomic E-state index is 12.3. The van der Waals surface area contributed by atoms with E-state index in [1.165, 1.54) is 6.20 Å². The molecule has 0 spiro atoms. The van der Waals surface area contributed by atoms with E-state index >= 15 is 0 Å². The first kappa shape index (κ1) is 16.2. The molecule has 0 bridgehead atoms. The van der Waals surface area contributed by atoms with Crippen LogP contribution in [-0.2, 0) is 6.54 Å². The summed E-state index contributed by atoms with van der Waals surface area (Å²) in [5, 5.41) is 8.16. The van der Waals surface area contributed by atoms with Crippen LogP contribution in [0.25, 0.3) is 0 Å². The topological polar surface area (TPSA) is 59.8 Å². The highest BCUT2D eigenvalue weighted by atomic mass is 35.5. The van der Waals surface area contributed by atoms with Crippen molar-refractivity contribution in [3.63, 3.8) is 0 Å². The molecule has 6 heteroatoms. The Morgan fingerprint density at radius 1 is 1.21 bits per heavy atom. The van der Waals surface area contributed by atoms with Crippen LogP contribution in [0.4, 0.5) is 5.69 Å². The van der Waals surface area contributed by atoms with Crippen molar-refractivity contribution in [1.29, 1.82) is 0 Å². The zero-order valence-electron chi connectivity index (χ0n) is 13.5. The van der Waals surface area contributed by atoms with Gasteiger partial charge >= 0.3 is 0 Å². The van der Waals surface area contributed by atoms with Gasteiger partial charge in [-0.1, -0.05) is 23.7 Å². The van der Waals surface area contributed by atoms with Gasteiger partial charge in [-0.05, 0) is 43.7 Å². The molecule has 0 aliphatic heterocycles. The molecule has 5 nitrogen and oxygen atoms in total. The van der Waals surface area contributed by atoms with E-state index in [1.54, 1.807) is 18.3 Å². The lowest BCUT2D eigenvalue weighted by atomic mass is 10.2. The number of aryl methyl sites for hydroxylation is 1. The van der Waals surface area contributed by atoms with E-state index in [2.05, 4.69) is 15.4 Å². The number of pyridine rings is 1. The fraction of sp³-hybridized carbons (Fsp3) is 0.167. The number of nitrogens with one attached hydrogen (secondary N) is 1. The quantitative estimate of drug-likeness (QED) is 0.784. The number of anilines is 1. The van der Waals surface area contributed by atoms with E-state index < -0.39 is 0 Å². The van der Waals surface area contributed by atoms with Crippen molar-refractivity contribution in [2.45, 2.75) is 20.4 Å². The second-order valence-corrected chi connectivity index (χ2v) is 5.96. The fourth-order valence-electron chi connectivity index (χ4n) is 2.48. The number of amides is 1. The van der Waals surface area contributed by atoms with Gasteiger partial charge in [0.15, 0.2) is 0 Å². The molecule has 3 rings (SSSR count). The third-order valence-electron chi connectivity index (χ3n) is 3.79. The molecular weight excluding hydrogens is 324 g/mol. The summed E-state index contributed by atoms with van der Waals surface area (Å²) in [5.41, 5.74) is 4.02. The number of carbonyl (C=O) groups excluding carboxylic acids is 1. The minimum atomic E-state index is -0.194. The van der Waals surface area contributed by atoms with Gasteiger partial charge in [0.05, 0.1) is 29.2 Å². The second kappa shape index (κ2) is 6.84. The molecule has 0 saturated carbocycles. The van der Waals surface area contributed by atoms with Gasteiger partial charge in [0.1, 0.15) is 0 Å². The summed E-state index contributed by atoms with van der Waals surface area (Å²) in [6, 6.07) is 11.1. The smallest absolute Gasteiger partial charge is 0.257 e. The molecule has 0 fully saturated rings. The number of nitrogens with zero attached hydrogens (tertiary/aromatic N) is 3. The first-order chi connectivity index (χ1) is 11.5. The molecule has 0 unspecified atom stereocenters. The molecule has 1 aromatic carbocycles. The van der Waals surface area contributed by atoms with Crippen LogP contribution in [0.2, 0.25) is 5.02 Å². The lowest BCUT2D eigenvalue weighted by Crippen LogP contribution is -2.13. The number of rotatable bonds is 4. The van der Waals surface area contributed by atoms with Gasteiger partial charge in [0.2, 0.25) is 0 Å². The van der Waals surface area contributed by atoms with Crippen molar-refractivity contribution in [2.75, 3.05) is 5.32 Å². The Bertz CT molecular complexity index is 857. The Morgan fingerprint density at radius 2 is 1.96 bits per heavy atom. The molecule has 122 valence electrons. The molecule has 1 amide bonds. The molecule has 0 aliphatic carbocycles. The predicted octanol–water partition coefficient (Wildman–Crippen LogP) is 3.85. The summed E-state index contributed by atoms with van der Waals surface area (Å²) in [6.45, 7) is 4.44. The van der Waals surface area contributed by atoms with E-state index in [9.17, 15) is 4.79 Å². The second-order valence-electron chi connectivity index (χ2n) is 5.53. The highest BCUT2D eigenvalue weighted by Gasteiger charge is 2.15. The number of aromatic nitrogens is 3. The fourth-order valence-corrected chi connectivity index (χ4v) is 2.60. The Labute approximate surface area is 145 Å². The Hall–Kier alpha value is -2.66. The molecule has 0 saturated heterocycles. The van der Waals surface area contributed by atoms with Gasteiger partial charge in [-0.25, -0.2) is 0 Å². The highest BCUT2D eigenvalue weighted by Crippen LogP contribution is 2.21. The van der Waals surface area contributed by atoms with Gasteiger partial charge in [-0.15, -0.1) is 0 Å². The minimum Gasteiger partial charge on any atom is -0.319 e. The molecule has 2 aromatic heterocycles. The lowest BCUT2D eigenvalue weighted by Gasteiger charge is -2.07. The average Bonchev–Trinajstić information content (AvgIpc) is 2.85. The summed E-state index contributed by atoms with van der Waals surface area (Å²) >= 11 is 5.92. The van der Waals surface area contributed by atoms with Gasteiger partial charge < -0.3 is 5.32 Å². The first-order valence-corrected chi connectivity index (χ1v) is 7.92. The summed E-state index contributed by atoms with van der Waals surface area (Å²) in [4.78, 5) is 16.3. The molecule has 2 heterocycles. The molecule has 1 N–H and O–H groups in total. The van der Waals surface area contributed by atoms with Crippen molar-refractivity contribution >= 4 is 23.2 Å². The third kappa shape index (κ3) is 3.46. The standard InChI is InChI=1S/C18H17ClN4O/c1-12-17(21-18(24)15-4-3-9-20-10-15)13(2)23(22-12)11-14-5-7-16(19)8-6-14/h3-10H,11H2,1-2H3,(H,21,24). The molecule has 0 radical (unpaired) electrons. The van der Waals surface area contributed by atoms with Gasteiger partial charge in [-0.2, -0.15) is 5.10 Å². The van der Waals surface area contributed by atoms with Crippen LogP contribution in [0.15, 0.2) is 48.8 Å².